The Morgan fingerprint density at radius 2 is 1.38 bits per heavy atom. The van der Waals surface area contributed by atoms with Gasteiger partial charge < -0.3 is 28.4 Å². The number of carbonyl (C=O) groups excluding carboxylic acids is 2. The van der Waals surface area contributed by atoms with Crippen LogP contribution >= 0.6 is 0 Å². The van der Waals surface area contributed by atoms with Gasteiger partial charge in [0, 0.05) is 23.1 Å². The minimum Gasteiger partial charge on any atom is -0.493 e. The zero-order valence-electron chi connectivity index (χ0n) is 24.6. The molecule has 0 fully saturated rings. The van der Waals surface area contributed by atoms with Gasteiger partial charge in [0.2, 0.25) is 11.5 Å². The van der Waals surface area contributed by atoms with Crippen molar-refractivity contribution >= 4 is 11.9 Å². The first-order valence-corrected chi connectivity index (χ1v) is 13.6. The second-order valence-electron chi connectivity index (χ2n) is 9.29. The Morgan fingerprint density at radius 3 is 1.95 bits per heavy atom. The third kappa shape index (κ3) is 9.36. The van der Waals surface area contributed by atoms with E-state index in [0.717, 1.165) is 16.9 Å². The summed E-state index contributed by atoms with van der Waals surface area (Å²) in [7, 11) is 0. The number of esters is 2. The number of rotatable bonds is 17. The number of ether oxygens (including phenoxy) is 6. The van der Waals surface area contributed by atoms with Crippen molar-refractivity contribution < 1.29 is 38.0 Å². The van der Waals surface area contributed by atoms with Crippen LogP contribution in [0.1, 0.15) is 65.0 Å². The van der Waals surface area contributed by atoms with Crippen molar-refractivity contribution in [2.24, 2.45) is 0 Å². The summed E-state index contributed by atoms with van der Waals surface area (Å²) in [5, 5.41) is 0. The zero-order chi connectivity index (χ0) is 29.7. The molecule has 218 valence electrons. The Hall–Kier alpha value is -3.94. The highest BCUT2D eigenvalue weighted by Crippen LogP contribution is 2.50. The summed E-state index contributed by atoms with van der Waals surface area (Å²) in [5.74, 6) is 1.24. The van der Waals surface area contributed by atoms with Crippen molar-refractivity contribution in [3.63, 3.8) is 0 Å². The fraction of sp³-hybridized carbons (Fsp3) is 0.438. The van der Waals surface area contributed by atoms with E-state index in [1.54, 1.807) is 13.8 Å². The molecule has 0 N–H and O–H groups in total. The van der Waals surface area contributed by atoms with Gasteiger partial charge in [-0.25, -0.2) is 9.59 Å². The van der Waals surface area contributed by atoms with Crippen molar-refractivity contribution in [2.75, 3.05) is 33.0 Å². The van der Waals surface area contributed by atoms with Crippen LogP contribution in [0.3, 0.4) is 0 Å². The molecule has 0 amide bonds. The molecule has 0 aliphatic rings. The SMILES string of the molecule is C=C(C)C(=O)OCCCOc1ccc(CC(C)c2cc(OCC)c(OC(=O)C(=C)C)c(OCC)c2OCC)cc1. The van der Waals surface area contributed by atoms with Gasteiger partial charge in [-0.15, -0.1) is 0 Å². The highest BCUT2D eigenvalue weighted by Gasteiger charge is 2.27. The largest absolute Gasteiger partial charge is 0.493 e. The first-order chi connectivity index (χ1) is 19.1. The second-order valence-corrected chi connectivity index (χ2v) is 9.29. The van der Waals surface area contributed by atoms with Gasteiger partial charge in [0.25, 0.3) is 0 Å². The Balaban J connectivity index is 2.24. The van der Waals surface area contributed by atoms with Crippen molar-refractivity contribution in [1.29, 1.82) is 0 Å². The minimum absolute atomic E-state index is 0.0145. The monoisotopic (exact) mass is 554 g/mol. The standard InChI is InChI=1S/C32H42O8/c1-9-35-27-20-26(28(36-10-2)30(37-11-3)29(27)40-32(34)22(6)7)23(8)19-24-13-15-25(16-14-24)38-17-12-18-39-31(33)21(4)5/h13-16,20,23H,4,6,9-12,17-19H2,1-3,5,7-8H3. The van der Waals surface area contributed by atoms with Crippen molar-refractivity contribution in [2.45, 2.75) is 60.3 Å². The van der Waals surface area contributed by atoms with Gasteiger partial charge in [-0.1, -0.05) is 32.2 Å². The topological polar surface area (TPSA) is 89.5 Å². The van der Waals surface area contributed by atoms with Crippen LogP contribution in [0.25, 0.3) is 0 Å². The van der Waals surface area contributed by atoms with Gasteiger partial charge in [-0.3, -0.25) is 0 Å². The molecule has 0 saturated heterocycles. The van der Waals surface area contributed by atoms with E-state index < -0.39 is 11.9 Å². The number of benzene rings is 2. The molecule has 40 heavy (non-hydrogen) atoms. The molecule has 0 aliphatic carbocycles. The number of hydrogen-bond acceptors (Lipinski definition) is 8. The van der Waals surface area contributed by atoms with Crippen LogP contribution < -0.4 is 23.7 Å². The van der Waals surface area contributed by atoms with Crippen LogP contribution in [0.15, 0.2) is 54.6 Å². The molecule has 0 aromatic heterocycles. The van der Waals surface area contributed by atoms with Crippen LogP contribution in [0, 0.1) is 0 Å². The van der Waals surface area contributed by atoms with Crippen LogP contribution in [0.4, 0.5) is 0 Å². The molecule has 0 aliphatic heterocycles. The number of hydrogen-bond donors (Lipinski definition) is 0. The molecule has 8 heteroatoms. The third-order valence-corrected chi connectivity index (χ3v) is 5.74. The van der Waals surface area contributed by atoms with E-state index in [-0.39, 0.29) is 23.8 Å². The Bertz CT molecular complexity index is 1170. The van der Waals surface area contributed by atoms with Crippen LogP contribution in [-0.2, 0) is 20.7 Å². The fourth-order valence-electron chi connectivity index (χ4n) is 3.81. The molecule has 0 spiro atoms. The van der Waals surface area contributed by atoms with E-state index in [4.69, 9.17) is 28.4 Å². The van der Waals surface area contributed by atoms with Gasteiger partial charge in [-0.05, 0) is 70.7 Å². The van der Waals surface area contributed by atoms with Crippen LogP contribution in [-0.4, -0.2) is 45.0 Å². The summed E-state index contributed by atoms with van der Waals surface area (Å²) < 4.78 is 34.4. The Morgan fingerprint density at radius 1 is 0.775 bits per heavy atom. The summed E-state index contributed by atoms with van der Waals surface area (Å²) in [4.78, 5) is 23.9. The predicted molar refractivity (Wildman–Crippen MR) is 155 cm³/mol. The lowest BCUT2D eigenvalue weighted by atomic mass is 9.92. The van der Waals surface area contributed by atoms with Gasteiger partial charge in [0.1, 0.15) is 5.75 Å². The normalized spacial score (nSPS) is 11.2. The van der Waals surface area contributed by atoms with Crippen molar-refractivity contribution in [1.82, 2.24) is 0 Å². The molecular formula is C32H42O8. The molecule has 2 aromatic rings. The van der Waals surface area contributed by atoms with Crippen molar-refractivity contribution in [3.05, 3.63) is 65.8 Å². The molecule has 0 heterocycles. The van der Waals surface area contributed by atoms with Crippen molar-refractivity contribution in [3.8, 4) is 28.7 Å². The van der Waals surface area contributed by atoms with Gasteiger partial charge >= 0.3 is 11.9 Å². The lowest BCUT2D eigenvalue weighted by molar-refractivity contribution is -0.139. The maximum atomic E-state index is 12.4. The van der Waals surface area contributed by atoms with E-state index in [0.29, 0.717) is 62.1 Å². The average molecular weight is 555 g/mol. The first kappa shape index (κ1) is 32.3. The fourth-order valence-corrected chi connectivity index (χ4v) is 3.81. The van der Waals surface area contributed by atoms with E-state index in [1.165, 1.54) is 0 Å². The molecule has 1 atom stereocenters. The quantitative estimate of drug-likeness (QED) is 0.0935. The first-order valence-electron chi connectivity index (χ1n) is 13.6. The van der Waals surface area contributed by atoms with E-state index in [2.05, 4.69) is 20.1 Å². The summed E-state index contributed by atoms with van der Waals surface area (Å²) in [6.07, 6.45) is 1.29. The molecular weight excluding hydrogens is 512 g/mol. The summed E-state index contributed by atoms with van der Waals surface area (Å²) >= 11 is 0. The van der Waals surface area contributed by atoms with Crippen LogP contribution in [0.2, 0.25) is 0 Å². The predicted octanol–water partition coefficient (Wildman–Crippen LogP) is 6.60. The maximum Gasteiger partial charge on any atom is 0.338 e. The molecule has 0 radical (unpaired) electrons. The smallest absolute Gasteiger partial charge is 0.338 e. The molecule has 0 bridgehead atoms. The summed E-state index contributed by atoms with van der Waals surface area (Å²) in [6.45, 7) is 20.0. The maximum absolute atomic E-state index is 12.4. The van der Waals surface area contributed by atoms with E-state index in [9.17, 15) is 9.59 Å². The highest BCUT2D eigenvalue weighted by atomic mass is 16.6. The van der Waals surface area contributed by atoms with Gasteiger partial charge in [-0.2, -0.15) is 0 Å². The Labute approximate surface area is 237 Å². The number of carbonyl (C=O) groups is 2. The molecule has 2 rings (SSSR count). The van der Waals surface area contributed by atoms with Crippen LogP contribution in [0.5, 0.6) is 28.7 Å². The van der Waals surface area contributed by atoms with Gasteiger partial charge in [0.15, 0.2) is 11.5 Å². The molecule has 8 nitrogen and oxygen atoms in total. The molecule has 0 saturated carbocycles. The van der Waals surface area contributed by atoms with E-state index >= 15 is 0 Å². The summed E-state index contributed by atoms with van der Waals surface area (Å²) in [5.41, 5.74) is 2.63. The Kier molecular flexibility index (Phi) is 13.1. The lowest BCUT2D eigenvalue weighted by Gasteiger charge is -2.24. The van der Waals surface area contributed by atoms with Gasteiger partial charge in [0.05, 0.1) is 33.0 Å². The average Bonchev–Trinajstić information content (AvgIpc) is 2.92. The second kappa shape index (κ2) is 16.2. The third-order valence-electron chi connectivity index (χ3n) is 5.74. The highest BCUT2D eigenvalue weighted by molar-refractivity contribution is 5.90. The zero-order valence-corrected chi connectivity index (χ0v) is 24.6. The minimum atomic E-state index is -0.569. The lowest BCUT2D eigenvalue weighted by Crippen LogP contribution is -2.13. The molecule has 1 unspecified atom stereocenters. The summed E-state index contributed by atoms with van der Waals surface area (Å²) in [6, 6.07) is 9.74. The molecule has 2 aromatic carbocycles. The van der Waals surface area contributed by atoms with E-state index in [1.807, 2.05) is 51.1 Å².